The van der Waals surface area contributed by atoms with Gasteiger partial charge in [0.25, 0.3) is 11.8 Å². The Balaban J connectivity index is 1.92. The molecule has 28 heavy (non-hydrogen) atoms. The Bertz CT molecular complexity index is 704. The van der Waals surface area contributed by atoms with Crippen LogP contribution in [0.15, 0.2) is 18.2 Å². The number of hydrazine groups is 1. The van der Waals surface area contributed by atoms with Crippen LogP contribution in [0.5, 0.6) is 0 Å². The standard InChI is InChI=1S/C19H26F2N4O2S/c1-11(2)16(23-17(26)15-13(20)9-6-10-14(15)21)18(27)24-25-19(28)22-12-7-4-3-5-8-12/h6,9-12,16H,3-5,7-8H2,1-2H3,(H,23,26)(H,24,27)(H2,22,25,28)/t16-/m0/s1. The highest BCUT2D eigenvalue weighted by Gasteiger charge is 2.27. The molecule has 2 amide bonds. The van der Waals surface area contributed by atoms with Gasteiger partial charge in [-0.3, -0.25) is 20.4 Å². The zero-order chi connectivity index (χ0) is 20.7. The predicted molar refractivity (Wildman–Crippen MR) is 106 cm³/mol. The number of halogens is 2. The number of nitrogens with one attached hydrogen (secondary N) is 4. The van der Waals surface area contributed by atoms with Gasteiger partial charge in [0, 0.05) is 6.04 Å². The lowest BCUT2D eigenvalue weighted by Gasteiger charge is -2.26. The molecule has 0 spiro atoms. The summed E-state index contributed by atoms with van der Waals surface area (Å²) in [4.78, 5) is 24.7. The number of thiocarbonyl (C=S) groups is 1. The lowest BCUT2D eigenvalue weighted by Crippen LogP contribution is -2.56. The third-order valence-corrected chi connectivity index (χ3v) is 4.89. The molecule has 0 radical (unpaired) electrons. The highest BCUT2D eigenvalue weighted by Crippen LogP contribution is 2.17. The predicted octanol–water partition coefficient (Wildman–Crippen LogP) is 2.55. The van der Waals surface area contributed by atoms with Crippen molar-refractivity contribution in [3.8, 4) is 0 Å². The fourth-order valence-corrected chi connectivity index (χ4v) is 3.35. The first kappa shape index (κ1) is 22.0. The molecule has 0 heterocycles. The number of hydrogen-bond acceptors (Lipinski definition) is 3. The lowest BCUT2D eigenvalue weighted by atomic mass is 9.96. The number of carbonyl (C=O) groups is 2. The van der Waals surface area contributed by atoms with Gasteiger partial charge in [0.15, 0.2) is 5.11 Å². The summed E-state index contributed by atoms with van der Waals surface area (Å²) in [6, 6.07) is 2.41. The largest absolute Gasteiger partial charge is 0.359 e. The van der Waals surface area contributed by atoms with Crippen LogP contribution in [-0.4, -0.2) is 29.0 Å². The van der Waals surface area contributed by atoms with Crippen LogP contribution in [0.3, 0.4) is 0 Å². The first-order valence-corrected chi connectivity index (χ1v) is 9.81. The molecule has 2 rings (SSSR count). The van der Waals surface area contributed by atoms with Crippen molar-refractivity contribution in [2.24, 2.45) is 5.92 Å². The average Bonchev–Trinajstić information content (AvgIpc) is 2.64. The highest BCUT2D eigenvalue weighted by atomic mass is 32.1. The Kier molecular flexibility index (Phi) is 8.10. The van der Waals surface area contributed by atoms with Gasteiger partial charge in [0.1, 0.15) is 23.2 Å². The van der Waals surface area contributed by atoms with Crippen molar-refractivity contribution in [3.63, 3.8) is 0 Å². The molecule has 0 saturated heterocycles. The summed E-state index contributed by atoms with van der Waals surface area (Å²) in [5.41, 5.74) is 4.35. The molecule has 1 aliphatic rings. The van der Waals surface area contributed by atoms with E-state index in [4.69, 9.17) is 12.2 Å². The minimum Gasteiger partial charge on any atom is -0.359 e. The molecule has 1 aromatic carbocycles. The lowest BCUT2D eigenvalue weighted by molar-refractivity contribution is -0.124. The van der Waals surface area contributed by atoms with Gasteiger partial charge in [-0.05, 0) is 43.1 Å². The third-order valence-electron chi connectivity index (χ3n) is 4.67. The smallest absolute Gasteiger partial charge is 0.261 e. The molecule has 0 aliphatic heterocycles. The summed E-state index contributed by atoms with van der Waals surface area (Å²) in [6.07, 6.45) is 5.54. The summed E-state index contributed by atoms with van der Waals surface area (Å²) >= 11 is 5.18. The topological polar surface area (TPSA) is 82.3 Å². The molecule has 6 nitrogen and oxygen atoms in total. The maximum Gasteiger partial charge on any atom is 0.261 e. The van der Waals surface area contributed by atoms with E-state index in [9.17, 15) is 18.4 Å². The summed E-state index contributed by atoms with van der Waals surface area (Å²) in [5, 5.41) is 5.81. The van der Waals surface area contributed by atoms with E-state index in [-0.39, 0.29) is 17.1 Å². The third kappa shape index (κ3) is 6.12. The van der Waals surface area contributed by atoms with Gasteiger partial charge in [-0.25, -0.2) is 8.78 Å². The molecule has 1 aliphatic carbocycles. The van der Waals surface area contributed by atoms with Crippen LogP contribution in [0.4, 0.5) is 8.78 Å². The quantitative estimate of drug-likeness (QED) is 0.441. The molecular formula is C19H26F2N4O2S. The number of hydrogen-bond donors (Lipinski definition) is 4. The fourth-order valence-electron chi connectivity index (χ4n) is 3.13. The first-order valence-electron chi connectivity index (χ1n) is 9.40. The Hall–Kier alpha value is -2.29. The maximum absolute atomic E-state index is 13.8. The van der Waals surface area contributed by atoms with E-state index < -0.39 is 35.1 Å². The van der Waals surface area contributed by atoms with Gasteiger partial charge >= 0.3 is 0 Å². The van der Waals surface area contributed by atoms with Gasteiger partial charge in [0.2, 0.25) is 0 Å². The minimum absolute atomic E-state index is 0.273. The van der Waals surface area contributed by atoms with E-state index >= 15 is 0 Å². The number of carbonyl (C=O) groups excluding carboxylic acids is 2. The minimum atomic E-state index is -1.00. The normalized spacial score (nSPS) is 15.6. The Labute approximate surface area is 168 Å². The average molecular weight is 413 g/mol. The summed E-state index contributed by atoms with van der Waals surface area (Å²) in [7, 11) is 0. The van der Waals surface area contributed by atoms with Crippen LogP contribution >= 0.6 is 12.2 Å². The number of rotatable bonds is 5. The van der Waals surface area contributed by atoms with Crippen molar-refractivity contribution < 1.29 is 18.4 Å². The van der Waals surface area contributed by atoms with E-state index in [1.807, 2.05) is 0 Å². The Morgan fingerprint density at radius 3 is 2.25 bits per heavy atom. The second-order valence-electron chi connectivity index (χ2n) is 7.21. The number of benzene rings is 1. The maximum atomic E-state index is 13.8. The molecule has 4 N–H and O–H groups in total. The van der Waals surface area contributed by atoms with E-state index in [1.54, 1.807) is 13.8 Å². The summed E-state index contributed by atoms with van der Waals surface area (Å²) in [6.45, 7) is 3.42. The second-order valence-corrected chi connectivity index (χ2v) is 7.62. The van der Waals surface area contributed by atoms with Crippen molar-refractivity contribution in [1.82, 2.24) is 21.5 Å². The molecule has 1 atom stereocenters. The number of amides is 2. The summed E-state index contributed by atoms with van der Waals surface area (Å²) in [5.74, 6) is -3.85. The van der Waals surface area contributed by atoms with E-state index in [1.165, 1.54) is 6.42 Å². The highest BCUT2D eigenvalue weighted by molar-refractivity contribution is 7.80. The molecular weight excluding hydrogens is 386 g/mol. The molecule has 1 saturated carbocycles. The first-order chi connectivity index (χ1) is 13.3. The van der Waals surface area contributed by atoms with Crippen LogP contribution in [0, 0.1) is 17.6 Å². The molecule has 0 unspecified atom stereocenters. The molecule has 1 aromatic rings. The van der Waals surface area contributed by atoms with Crippen LogP contribution in [0.2, 0.25) is 0 Å². The van der Waals surface area contributed by atoms with Crippen molar-refractivity contribution >= 4 is 29.1 Å². The van der Waals surface area contributed by atoms with Gasteiger partial charge < -0.3 is 10.6 Å². The van der Waals surface area contributed by atoms with Crippen LogP contribution in [0.25, 0.3) is 0 Å². The Morgan fingerprint density at radius 2 is 1.68 bits per heavy atom. The van der Waals surface area contributed by atoms with E-state index in [2.05, 4.69) is 21.5 Å². The zero-order valence-corrected chi connectivity index (χ0v) is 16.8. The van der Waals surface area contributed by atoms with Crippen molar-refractivity contribution in [3.05, 3.63) is 35.4 Å². The van der Waals surface area contributed by atoms with E-state index in [0.717, 1.165) is 43.9 Å². The van der Waals surface area contributed by atoms with Crippen LogP contribution < -0.4 is 21.5 Å². The molecule has 0 bridgehead atoms. The summed E-state index contributed by atoms with van der Waals surface area (Å²) < 4.78 is 27.6. The van der Waals surface area contributed by atoms with Crippen LogP contribution in [0.1, 0.15) is 56.3 Å². The fraction of sp³-hybridized carbons (Fsp3) is 0.526. The van der Waals surface area contributed by atoms with Gasteiger partial charge in [-0.2, -0.15) is 0 Å². The van der Waals surface area contributed by atoms with Crippen molar-refractivity contribution in [2.45, 2.75) is 58.0 Å². The molecule has 1 fully saturated rings. The van der Waals surface area contributed by atoms with Crippen molar-refractivity contribution in [1.29, 1.82) is 0 Å². The molecule has 0 aromatic heterocycles. The van der Waals surface area contributed by atoms with E-state index in [0.29, 0.717) is 0 Å². The SMILES string of the molecule is CC(C)[C@H](NC(=O)c1c(F)cccc1F)C(=O)NNC(=S)NC1CCCCC1. The van der Waals surface area contributed by atoms with Gasteiger partial charge in [-0.1, -0.05) is 39.2 Å². The second kappa shape index (κ2) is 10.3. The zero-order valence-electron chi connectivity index (χ0n) is 16.0. The van der Waals surface area contributed by atoms with Crippen molar-refractivity contribution in [2.75, 3.05) is 0 Å². The van der Waals surface area contributed by atoms with Gasteiger partial charge in [-0.15, -0.1) is 0 Å². The van der Waals surface area contributed by atoms with Crippen LogP contribution in [-0.2, 0) is 4.79 Å². The Morgan fingerprint density at radius 1 is 1.07 bits per heavy atom. The molecule has 9 heteroatoms. The molecule has 154 valence electrons. The van der Waals surface area contributed by atoms with Gasteiger partial charge in [0.05, 0.1) is 0 Å². The monoisotopic (exact) mass is 412 g/mol.